The van der Waals surface area contributed by atoms with Gasteiger partial charge in [-0.3, -0.25) is 14.4 Å². The van der Waals surface area contributed by atoms with Gasteiger partial charge in [-0.25, -0.2) is 4.79 Å². The Bertz CT molecular complexity index is 654. The van der Waals surface area contributed by atoms with Gasteiger partial charge < -0.3 is 28.8 Å². The topological polar surface area (TPSA) is 147 Å². The van der Waals surface area contributed by atoms with Gasteiger partial charge in [-0.15, -0.1) is 0 Å². The zero-order valence-electron chi connectivity index (χ0n) is 17.2. The average molecular weight is 417 g/mol. The first-order chi connectivity index (χ1) is 13.3. The highest BCUT2D eigenvalue weighted by Crippen LogP contribution is 2.31. The molecule has 1 aliphatic heterocycles. The van der Waals surface area contributed by atoms with Gasteiger partial charge in [-0.2, -0.15) is 4.99 Å². The number of nitrogens with zero attached hydrogens (tertiary/aromatic N) is 1. The van der Waals surface area contributed by atoms with Gasteiger partial charge in [0.15, 0.2) is 12.2 Å². The van der Waals surface area contributed by atoms with Gasteiger partial charge in [0.25, 0.3) is 0 Å². The van der Waals surface area contributed by atoms with Crippen molar-refractivity contribution < 1.29 is 48.0 Å². The highest BCUT2D eigenvalue weighted by Gasteiger charge is 2.50. The lowest BCUT2D eigenvalue weighted by Crippen LogP contribution is -2.59. The molecule has 1 saturated heterocycles. The predicted octanol–water partition coefficient (Wildman–Crippen LogP) is 0.752. The van der Waals surface area contributed by atoms with Gasteiger partial charge in [-0.05, 0) is 20.8 Å². The third-order valence-corrected chi connectivity index (χ3v) is 3.50. The maximum absolute atomic E-state index is 11.9. The van der Waals surface area contributed by atoms with E-state index in [0.717, 1.165) is 27.0 Å². The van der Waals surface area contributed by atoms with Crippen LogP contribution in [0, 0.1) is 5.92 Å². The number of carbonyl (C=O) groups is 4. The summed E-state index contributed by atoms with van der Waals surface area (Å²) in [6.07, 6.45) is -4.90. The van der Waals surface area contributed by atoms with Crippen molar-refractivity contribution in [1.29, 1.82) is 0 Å². The molecule has 11 heteroatoms. The largest absolute Gasteiger partial charge is 0.458 e. The van der Waals surface area contributed by atoms with E-state index in [1.54, 1.807) is 20.8 Å². The number of aliphatic hydroxyl groups excluding tert-OH is 1. The minimum absolute atomic E-state index is 0.622. The Kier molecular flexibility index (Phi) is 8.71. The van der Waals surface area contributed by atoms with E-state index in [9.17, 15) is 24.3 Å². The number of ether oxygens (including phenoxy) is 5. The molecule has 1 amide bonds. The van der Waals surface area contributed by atoms with E-state index in [1.165, 1.54) is 0 Å². The van der Waals surface area contributed by atoms with E-state index in [-0.39, 0.29) is 0 Å². The van der Waals surface area contributed by atoms with Crippen LogP contribution in [0.25, 0.3) is 0 Å². The van der Waals surface area contributed by atoms with Crippen molar-refractivity contribution in [3.8, 4) is 0 Å². The molecule has 0 bridgehead atoms. The van der Waals surface area contributed by atoms with Crippen LogP contribution in [0.3, 0.4) is 0 Å². The van der Waals surface area contributed by atoms with Crippen LogP contribution in [-0.2, 0) is 38.1 Å². The Balaban J connectivity index is 3.29. The highest BCUT2D eigenvalue weighted by atomic mass is 16.7. The highest BCUT2D eigenvalue weighted by molar-refractivity contribution is 5.81. The maximum Gasteiger partial charge on any atom is 0.433 e. The normalized spacial score (nSPS) is 27.2. The SMILES string of the molecule is CC(=O)O[C@H]1O[C@H](CO)[C@@H](OC(C)=O)[C@H](OC(C)=O)C1C=NC(=O)OC(C)(C)C. The number of amides is 1. The third kappa shape index (κ3) is 8.16. The summed E-state index contributed by atoms with van der Waals surface area (Å²) in [7, 11) is 0. The summed E-state index contributed by atoms with van der Waals surface area (Å²) in [6.45, 7) is 7.70. The first-order valence-electron chi connectivity index (χ1n) is 8.89. The zero-order chi connectivity index (χ0) is 22.4. The standard InChI is InChI=1S/C18H27NO10/c1-9(21)25-14-12(7-19-17(24)29-18(4,5)6)16(27-11(3)23)28-13(8-20)15(14)26-10(2)22/h7,12-16,20H,8H2,1-6H3/t12?,13-,14-,15-,16+/m1/s1. The van der Waals surface area contributed by atoms with Gasteiger partial charge in [0.1, 0.15) is 11.7 Å². The predicted molar refractivity (Wildman–Crippen MR) is 96.8 cm³/mol. The molecule has 1 unspecified atom stereocenters. The van der Waals surface area contributed by atoms with Crippen LogP contribution < -0.4 is 0 Å². The Morgan fingerprint density at radius 3 is 1.93 bits per heavy atom. The molecule has 5 atom stereocenters. The summed E-state index contributed by atoms with van der Waals surface area (Å²) < 4.78 is 26.1. The fourth-order valence-electron chi connectivity index (χ4n) is 2.60. The molecule has 0 aromatic rings. The summed E-state index contributed by atoms with van der Waals surface area (Å²) in [5, 5.41) is 9.61. The van der Waals surface area contributed by atoms with Gasteiger partial charge in [0, 0.05) is 27.0 Å². The van der Waals surface area contributed by atoms with Crippen LogP contribution in [0.5, 0.6) is 0 Å². The summed E-state index contributed by atoms with van der Waals surface area (Å²) in [5.41, 5.74) is -0.801. The summed E-state index contributed by atoms with van der Waals surface area (Å²) in [5.74, 6) is -3.30. The van der Waals surface area contributed by atoms with Gasteiger partial charge in [0.05, 0.1) is 12.5 Å². The van der Waals surface area contributed by atoms with E-state index < -0.39 is 66.7 Å². The molecule has 0 saturated carbocycles. The lowest BCUT2D eigenvalue weighted by Gasteiger charge is -2.42. The maximum atomic E-state index is 11.9. The summed E-state index contributed by atoms with van der Waals surface area (Å²) >= 11 is 0. The van der Waals surface area contributed by atoms with E-state index in [4.69, 9.17) is 23.7 Å². The average Bonchev–Trinajstić information content (AvgIpc) is 2.53. The molecular weight excluding hydrogens is 390 g/mol. The van der Waals surface area contributed by atoms with Crippen molar-refractivity contribution >= 4 is 30.2 Å². The van der Waals surface area contributed by atoms with Crippen molar-refractivity contribution in [1.82, 2.24) is 0 Å². The molecule has 164 valence electrons. The molecule has 1 N–H and O–H groups in total. The first-order valence-corrected chi connectivity index (χ1v) is 8.89. The van der Waals surface area contributed by atoms with Crippen molar-refractivity contribution in [2.24, 2.45) is 10.9 Å². The minimum atomic E-state index is -1.37. The molecule has 29 heavy (non-hydrogen) atoms. The second-order valence-corrected chi connectivity index (χ2v) is 7.32. The van der Waals surface area contributed by atoms with E-state index in [2.05, 4.69) is 4.99 Å². The number of aliphatic imine (C=N–C) groups is 1. The number of rotatable bonds is 5. The lowest BCUT2D eigenvalue weighted by molar-refractivity contribution is -0.270. The number of hydrogen-bond acceptors (Lipinski definition) is 10. The van der Waals surface area contributed by atoms with Crippen molar-refractivity contribution in [2.45, 2.75) is 71.7 Å². The van der Waals surface area contributed by atoms with Crippen molar-refractivity contribution in [3.63, 3.8) is 0 Å². The Morgan fingerprint density at radius 2 is 1.48 bits per heavy atom. The number of esters is 3. The lowest BCUT2D eigenvalue weighted by atomic mass is 9.91. The van der Waals surface area contributed by atoms with E-state index >= 15 is 0 Å². The fourth-order valence-corrected chi connectivity index (χ4v) is 2.60. The van der Waals surface area contributed by atoms with E-state index in [1.807, 2.05) is 0 Å². The summed E-state index contributed by atoms with van der Waals surface area (Å²) in [4.78, 5) is 50.2. The molecule has 0 aromatic heterocycles. The molecule has 11 nitrogen and oxygen atoms in total. The minimum Gasteiger partial charge on any atom is -0.458 e. The molecule has 0 aliphatic carbocycles. The number of carbonyl (C=O) groups excluding carboxylic acids is 4. The van der Waals surface area contributed by atoms with Crippen molar-refractivity contribution in [3.05, 3.63) is 0 Å². The molecule has 1 aliphatic rings. The van der Waals surface area contributed by atoms with Crippen LogP contribution in [0.15, 0.2) is 4.99 Å². The molecule has 0 aromatic carbocycles. The van der Waals surface area contributed by atoms with Gasteiger partial charge >= 0.3 is 24.0 Å². The third-order valence-electron chi connectivity index (χ3n) is 3.50. The fraction of sp³-hybridized carbons (Fsp3) is 0.722. The van der Waals surface area contributed by atoms with Gasteiger partial charge in [0.2, 0.25) is 6.29 Å². The second-order valence-electron chi connectivity index (χ2n) is 7.32. The van der Waals surface area contributed by atoms with Crippen LogP contribution in [-0.4, -0.2) is 72.1 Å². The van der Waals surface area contributed by atoms with Crippen LogP contribution in [0.1, 0.15) is 41.5 Å². The first kappa shape index (κ1) is 24.5. The van der Waals surface area contributed by atoms with Crippen LogP contribution in [0.4, 0.5) is 4.79 Å². The molecule has 0 radical (unpaired) electrons. The zero-order valence-corrected chi connectivity index (χ0v) is 17.2. The number of hydrogen-bond donors (Lipinski definition) is 1. The molecule has 1 rings (SSSR count). The summed E-state index contributed by atoms with van der Waals surface area (Å²) in [6, 6.07) is 0. The Labute approximate surface area is 168 Å². The monoisotopic (exact) mass is 417 g/mol. The Hall–Kier alpha value is -2.53. The second kappa shape index (κ2) is 10.3. The van der Waals surface area contributed by atoms with Crippen LogP contribution in [0.2, 0.25) is 0 Å². The Morgan fingerprint density at radius 1 is 0.966 bits per heavy atom. The smallest absolute Gasteiger partial charge is 0.433 e. The molecular formula is C18H27NO10. The molecule has 1 fully saturated rings. The van der Waals surface area contributed by atoms with Crippen LogP contribution >= 0.6 is 0 Å². The quantitative estimate of drug-likeness (QED) is 0.386. The molecule has 0 spiro atoms. The number of aliphatic hydroxyl groups is 1. The van der Waals surface area contributed by atoms with Gasteiger partial charge in [-0.1, -0.05) is 0 Å². The van der Waals surface area contributed by atoms with Crippen molar-refractivity contribution in [2.75, 3.05) is 6.61 Å². The molecule has 1 heterocycles. The van der Waals surface area contributed by atoms with E-state index in [0.29, 0.717) is 0 Å².